The number of benzene rings is 2. The fourth-order valence-corrected chi connectivity index (χ4v) is 5.66. The van der Waals surface area contributed by atoms with E-state index in [-0.39, 0.29) is 39.2 Å². The third-order valence-electron chi connectivity index (χ3n) is 7.22. The molecule has 28 heavy (non-hydrogen) atoms. The zero-order valence-electron chi connectivity index (χ0n) is 17.4. The highest BCUT2D eigenvalue weighted by Crippen LogP contribution is 2.67. The lowest BCUT2D eigenvalue weighted by molar-refractivity contribution is 0.0849. The average molecular weight is 383 g/mol. The normalized spacial score (nSPS) is 22.9. The van der Waals surface area contributed by atoms with Crippen LogP contribution in [0, 0.1) is 10.3 Å². The molecule has 150 valence electrons. The first-order chi connectivity index (χ1) is 13.0. The van der Waals surface area contributed by atoms with Crippen LogP contribution in [0.5, 0.6) is 17.2 Å². The van der Waals surface area contributed by atoms with Gasteiger partial charge in [0, 0.05) is 0 Å². The summed E-state index contributed by atoms with van der Waals surface area (Å²) in [6.07, 6.45) is 1.49. The number of aromatic hydroxyl groups is 3. The highest BCUT2D eigenvalue weighted by molar-refractivity contribution is 5.62. The van der Waals surface area contributed by atoms with E-state index >= 15 is 0 Å². The van der Waals surface area contributed by atoms with Gasteiger partial charge in [-0.1, -0.05) is 41.5 Å². The molecule has 0 amide bonds. The molecular weight excluding hydrogens is 354 g/mol. The van der Waals surface area contributed by atoms with E-state index in [1.165, 1.54) is 0 Å². The third-order valence-corrected chi connectivity index (χ3v) is 7.22. The van der Waals surface area contributed by atoms with E-state index in [2.05, 4.69) is 32.9 Å². The maximum absolute atomic E-state index is 11.1. The van der Waals surface area contributed by atoms with Gasteiger partial charge in [-0.2, -0.15) is 0 Å². The predicted molar refractivity (Wildman–Crippen MR) is 111 cm³/mol. The van der Waals surface area contributed by atoms with Crippen LogP contribution in [0.25, 0.3) is 0 Å². The van der Waals surface area contributed by atoms with Crippen molar-refractivity contribution in [1.82, 2.24) is 0 Å². The number of hydrogen-bond acceptors (Lipinski definition) is 5. The van der Waals surface area contributed by atoms with Crippen molar-refractivity contribution < 1.29 is 15.3 Å². The molecular formula is C23H29NO4. The summed E-state index contributed by atoms with van der Waals surface area (Å²) in [5, 5.41) is 33.0. The first kappa shape index (κ1) is 20.2. The number of phenolic OH excluding ortho intramolecular Hbond substituents is 3. The lowest BCUT2D eigenvalue weighted by atomic mass is 9.54. The molecule has 0 radical (unpaired) electrons. The Morgan fingerprint density at radius 3 is 1.68 bits per heavy atom. The van der Waals surface area contributed by atoms with E-state index in [1.807, 2.05) is 13.8 Å². The zero-order chi connectivity index (χ0) is 21.1. The van der Waals surface area contributed by atoms with Crippen LogP contribution in [0.2, 0.25) is 0 Å². The van der Waals surface area contributed by atoms with Crippen LogP contribution in [0.15, 0.2) is 29.4 Å². The Morgan fingerprint density at radius 1 is 0.750 bits per heavy atom. The van der Waals surface area contributed by atoms with Gasteiger partial charge in [-0.15, -0.1) is 4.91 Å². The molecule has 0 bridgehead atoms. The summed E-state index contributed by atoms with van der Waals surface area (Å²) in [7, 11) is 0. The maximum Gasteiger partial charge on any atom is 0.157 e. The van der Waals surface area contributed by atoms with Gasteiger partial charge in [-0.25, -0.2) is 0 Å². The van der Waals surface area contributed by atoms with E-state index in [1.54, 1.807) is 24.3 Å². The van der Waals surface area contributed by atoms with Gasteiger partial charge in [0.15, 0.2) is 11.5 Å². The molecule has 5 nitrogen and oxygen atoms in total. The monoisotopic (exact) mass is 383 g/mol. The summed E-state index contributed by atoms with van der Waals surface area (Å²) >= 11 is 0. The van der Waals surface area contributed by atoms with E-state index in [9.17, 15) is 20.2 Å². The molecule has 2 aliphatic carbocycles. The SMILES string of the molecule is CC.CC1(C)c2cc(O)c(O)cc2CC12Cc1cc(O)c(N=O)cc1C2(C)C. The van der Waals surface area contributed by atoms with Crippen LogP contribution >= 0.6 is 0 Å². The summed E-state index contributed by atoms with van der Waals surface area (Å²) in [6.45, 7) is 12.7. The number of rotatable bonds is 1. The Bertz CT molecular complexity index is 962. The molecule has 1 atom stereocenters. The lowest BCUT2D eigenvalue weighted by Crippen LogP contribution is -2.49. The summed E-state index contributed by atoms with van der Waals surface area (Å²) in [5.41, 5.74) is 3.41. The molecule has 5 heteroatoms. The third kappa shape index (κ3) is 2.31. The number of fused-ring (bicyclic) bond motifs is 2. The van der Waals surface area contributed by atoms with Crippen molar-refractivity contribution in [2.45, 2.75) is 65.2 Å². The smallest absolute Gasteiger partial charge is 0.157 e. The molecule has 2 aromatic carbocycles. The Kier molecular flexibility index (Phi) is 4.49. The molecule has 0 aromatic heterocycles. The molecule has 2 aromatic rings. The number of nitrogens with zero attached hydrogens (tertiary/aromatic N) is 1. The molecule has 0 saturated heterocycles. The topological polar surface area (TPSA) is 90.1 Å². The Hall–Kier alpha value is -2.56. The van der Waals surface area contributed by atoms with Crippen molar-refractivity contribution in [2.24, 2.45) is 10.6 Å². The van der Waals surface area contributed by atoms with Crippen LogP contribution in [-0.4, -0.2) is 15.3 Å². The minimum Gasteiger partial charge on any atom is -0.506 e. The summed E-state index contributed by atoms with van der Waals surface area (Å²) in [6, 6.07) is 6.71. The summed E-state index contributed by atoms with van der Waals surface area (Å²) in [4.78, 5) is 11.1. The second-order valence-electron chi connectivity index (χ2n) is 8.77. The van der Waals surface area contributed by atoms with E-state index < -0.39 is 0 Å². The van der Waals surface area contributed by atoms with Crippen molar-refractivity contribution in [3.05, 3.63) is 51.4 Å². The minimum atomic E-state index is -0.288. The van der Waals surface area contributed by atoms with Crippen molar-refractivity contribution in [1.29, 1.82) is 0 Å². The number of nitroso groups, excluding NO2 is 1. The molecule has 1 unspecified atom stereocenters. The van der Waals surface area contributed by atoms with Gasteiger partial charge in [0.05, 0.1) is 0 Å². The van der Waals surface area contributed by atoms with Crippen LogP contribution < -0.4 is 0 Å². The Labute approximate surface area is 166 Å². The summed E-state index contributed by atoms with van der Waals surface area (Å²) in [5.74, 6) is -0.294. The maximum atomic E-state index is 11.1. The quantitative estimate of drug-likeness (QED) is 0.443. The second-order valence-corrected chi connectivity index (χ2v) is 8.77. The molecule has 3 N–H and O–H groups in total. The van der Waals surface area contributed by atoms with Crippen LogP contribution in [0.1, 0.15) is 63.8 Å². The zero-order valence-corrected chi connectivity index (χ0v) is 17.4. The summed E-state index contributed by atoms with van der Waals surface area (Å²) < 4.78 is 0. The fraction of sp³-hybridized carbons (Fsp3) is 0.478. The van der Waals surface area contributed by atoms with Gasteiger partial charge < -0.3 is 15.3 Å². The van der Waals surface area contributed by atoms with Crippen molar-refractivity contribution >= 4 is 5.69 Å². The first-order valence-corrected chi connectivity index (χ1v) is 9.80. The standard InChI is InChI=1S/C21H23NO4.C2H6/c1-19(2)13-7-15(22-26)16(23)5-11(13)9-21(19)10-12-6-17(24)18(25)8-14(12)20(21,3)4;1-2/h5-8,23-25H,9-10H2,1-4H3;1-2H3. The minimum absolute atomic E-state index is 0.0671. The van der Waals surface area contributed by atoms with Gasteiger partial charge in [0.25, 0.3) is 0 Å². The number of hydrogen-bond donors (Lipinski definition) is 3. The fourth-order valence-electron chi connectivity index (χ4n) is 5.66. The molecule has 4 rings (SSSR count). The van der Waals surface area contributed by atoms with Crippen molar-refractivity contribution in [3.63, 3.8) is 0 Å². The van der Waals surface area contributed by atoms with Gasteiger partial charge in [0.1, 0.15) is 11.4 Å². The molecule has 1 spiro atoms. The Morgan fingerprint density at radius 2 is 1.18 bits per heavy atom. The molecule has 0 aliphatic heterocycles. The van der Waals surface area contributed by atoms with Crippen LogP contribution in [0.4, 0.5) is 5.69 Å². The second kappa shape index (κ2) is 6.23. The molecule has 0 saturated carbocycles. The highest BCUT2D eigenvalue weighted by Gasteiger charge is 2.63. The van der Waals surface area contributed by atoms with Gasteiger partial charge in [-0.05, 0) is 80.8 Å². The van der Waals surface area contributed by atoms with Crippen molar-refractivity contribution in [2.75, 3.05) is 0 Å². The first-order valence-electron chi connectivity index (χ1n) is 9.80. The average Bonchev–Trinajstić information content (AvgIpc) is 2.98. The predicted octanol–water partition coefficient (Wildman–Crippen LogP) is 5.58. The van der Waals surface area contributed by atoms with Crippen LogP contribution in [-0.2, 0) is 23.7 Å². The van der Waals surface area contributed by atoms with Crippen molar-refractivity contribution in [3.8, 4) is 17.2 Å². The van der Waals surface area contributed by atoms with Crippen LogP contribution in [0.3, 0.4) is 0 Å². The Balaban J connectivity index is 0.00000109. The molecule has 2 aliphatic rings. The van der Waals surface area contributed by atoms with Gasteiger partial charge in [0.2, 0.25) is 0 Å². The largest absolute Gasteiger partial charge is 0.506 e. The highest BCUT2D eigenvalue weighted by atomic mass is 16.3. The van der Waals surface area contributed by atoms with E-state index in [0.29, 0.717) is 0 Å². The van der Waals surface area contributed by atoms with E-state index in [0.717, 1.165) is 35.1 Å². The number of phenols is 3. The lowest BCUT2D eigenvalue weighted by Gasteiger charge is -2.49. The van der Waals surface area contributed by atoms with Gasteiger partial charge in [-0.3, -0.25) is 0 Å². The molecule has 0 fully saturated rings. The molecule has 0 heterocycles. The van der Waals surface area contributed by atoms with E-state index in [4.69, 9.17) is 0 Å². The van der Waals surface area contributed by atoms with Gasteiger partial charge >= 0.3 is 0 Å².